The van der Waals surface area contributed by atoms with Crippen LogP contribution in [0.15, 0.2) is 36.4 Å². The van der Waals surface area contributed by atoms with Crippen molar-refractivity contribution >= 4 is 11.9 Å². The van der Waals surface area contributed by atoms with Crippen molar-refractivity contribution in [2.45, 2.75) is 111 Å². The molecule has 0 aliphatic carbocycles. The molecule has 0 aliphatic rings. The van der Waals surface area contributed by atoms with Crippen molar-refractivity contribution in [2.24, 2.45) is 0 Å². The highest BCUT2D eigenvalue weighted by Gasteiger charge is 2.33. The minimum Gasteiger partial charge on any atom is -0.466 e. The second kappa shape index (κ2) is 12.6. The van der Waals surface area contributed by atoms with Crippen LogP contribution in [0.1, 0.15) is 127 Å². The van der Waals surface area contributed by atoms with Crippen molar-refractivity contribution in [2.75, 3.05) is 6.61 Å². The molecule has 2 rings (SSSR count). The van der Waals surface area contributed by atoms with E-state index in [0.29, 0.717) is 24.3 Å². The van der Waals surface area contributed by atoms with Crippen LogP contribution in [0.2, 0.25) is 0 Å². The number of carbonyl (C=O) groups excluding carboxylic acids is 2. The number of unbranched alkanes of at least 4 members (excludes halogenated alkanes) is 1. The smallest absolute Gasteiger partial charge is 0.343 e. The summed E-state index contributed by atoms with van der Waals surface area (Å²) >= 11 is 0. The standard InChI is InChI=1S/C32H46O4/c1-10-13-15-25(30(34)35-12-3)26-20-24(31(4,5)6)21-27(32(7,8)9)28(26)36-29(33)23-18-16-22(14-11-2)17-19-23/h16-21,25H,10-15H2,1-9H3. The zero-order chi connectivity index (χ0) is 27.1. The molecule has 0 aliphatic heterocycles. The molecular formula is C32H46O4. The molecule has 0 amide bonds. The van der Waals surface area contributed by atoms with Crippen molar-refractivity contribution < 1.29 is 19.1 Å². The van der Waals surface area contributed by atoms with Crippen LogP contribution in [0, 0.1) is 0 Å². The van der Waals surface area contributed by atoms with Gasteiger partial charge < -0.3 is 9.47 Å². The van der Waals surface area contributed by atoms with E-state index in [4.69, 9.17) is 9.47 Å². The number of hydrogen-bond acceptors (Lipinski definition) is 4. The normalized spacial score (nSPS) is 12.8. The van der Waals surface area contributed by atoms with E-state index in [0.717, 1.165) is 42.4 Å². The lowest BCUT2D eigenvalue weighted by Gasteiger charge is -2.30. The SMILES string of the molecule is CCCCC(C(=O)OCC)c1cc(C(C)(C)C)cc(C(C)(C)C)c1OC(=O)c1ccc(CCC)cc1. The lowest BCUT2D eigenvalue weighted by atomic mass is 9.76. The largest absolute Gasteiger partial charge is 0.466 e. The summed E-state index contributed by atoms with van der Waals surface area (Å²) in [5, 5.41) is 0. The van der Waals surface area contributed by atoms with Crippen LogP contribution in [-0.2, 0) is 26.8 Å². The van der Waals surface area contributed by atoms with E-state index in [-0.39, 0.29) is 16.8 Å². The zero-order valence-corrected chi connectivity index (χ0v) is 23.9. The van der Waals surface area contributed by atoms with Gasteiger partial charge in [0.05, 0.1) is 18.1 Å². The second-order valence-electron chi connectivity index (χ2n) is 11.7. The average Bonchev–Trinajstić information content (AvgIpc) is 2.79. The van der Waals surface area contributed by atoms with Gasteiger partial charge in [-0.2, -0.15) is 0 Å². The van der Waals surface area contributed by atoms with Crippen molar-refractivity contribution in [1.82, 2.24) is 0 Å². The van der Waals surface area contributed by atoms with Gasteiger partial charge in [0.15, 0.2) is 0 Å². The van der Waals surface area contributed by atoms with Crippen molar-refractivity contribution in [3.8, 4) is 5.75 Å². The Labute approximate surface area is 218 Å². The van der Waals surface area contributed by atoms with Gasteiger partial charge in [-0.3, -0.25) is 4.79 Å². The van der Waals surface area contributed by atoms with Gasteiger partial charge in [-0.15, -0.1) is 0 Å². The first kappa shape index (κ1) is 29.6. The lowest BCUT2D eigenvalue weighted by molar-refractivity contribution is -0.145. The Morgan fingerprint density at radius 2 is 1.50 bits per heavy atom. The Bertz CT molecular complexity index is 1020. The van der Waals surface area contributed by atoms with Crippen molar-refractivity contribution in [3.63, 3.8) is 0 Å². The molecule has 0 heterocycles. The molecule has 2 aromatic carbocycles. The third-order valence-corrected chi connectivity index (χ3v) is 6.51. The number of rotatable bonds is 10. The van der Waals surface area contributed by atoms with E-state index in [9.17, 15) is 9.59 Å². The van der Waals surface area contributed by atoms with Crippen LogP contribution in [0.3, 0.4) is 0 Å². The third kappa shape index (κ3) is 7.69. The number of hydrogen-bond donors (Lipinski definition) is 0. The highest BCUT2D eigenvalue weighted by molar-refractivity contribution is 5.92. The fourth-order valence-corrected chi connectivity index (χ4v) is 4.31. The van der Waals surface area contributed by atoms with E-state index >= 15 is 0 Å². The maximum absolute atomic E-state index is 13.4. The van der Waals surface area contributed by atoms with Gasteiger partial charge in [-0.1, -0.05) is 98.9 Å². The summed E-state index contributed by atoms with van der Waals surface area (Å²) in [7, 11) is 0. The van der Waals surface area contributed by atoms with Crippen LogP contribution in [0.25, 0.3) is 0 Å². The number of aryl methyl sites for hydroxylation is 1. The summed E-state index contributed by atoms with van der Waals surface area (Å²) in [6, 6.07) is 11.8. The molecule has 0 radical (unpaired) electrons. The van der Waals surface area contributed by atoms with Crippen molar-refractivity contribution in [1.29, 1.82) is 0 Å². The monoisotopic (exact) mass is 494 g/mol. The Morgan fingerprint density at radius 1 is 0.861 bits per heavy atom. The molecular weight excluding hydrogens is 448 g/mol. The minimum atomic E-state index is -0.497. The number of carbonyl (C=O) groups is 2. The van der Waals surface area contributed by atoms with Gasteiger partial charge in [0.2, 0.25) is 0 Å². The maximum atomic E-state index is 13.4. The highest BCUT2D eigenvalue weighted by Crippen LogP contribution is 2.43. The van der Waals surface area contributed by atoms with E-state index in [1.165, 1.54) is 5.56 Å². The Kier molecular flexibility index (Phi) is 10.3. The maximum Gasteiger partial charge on any atom is 0.343 e. The summed E-state index contributed by atoms with van der Waals surface area (Å²) in [5.41, 5.74) is 4.03. The molecule has 0 bridgehead atoms. The predicted octanol–water partition coefficient (Wildman–Crippen LogP) is 8.29. The van der Waals surface area contributed by atoms with Crippen LogP contribution in [-0.4, -0.2) is 18.5 Å². The fourth-order valence-electron chi connectivity index (χ4n) is 4.31. The fraction of sp³-hybridized carbons (Fsp3) is 0.562. The molecule has 36 heavy (non-hydrogen) atoms. The first-order chi connectivity index (χ1) is 16.8. The highest BCUT2D eigenvalue weighted by atomic mass is 16.5. The molecule has 0 aromatic heterocycles. The van der Waals surface area contributed by atoms with E-state index in [2.05, 4.69) is 67.5 Å². The summed E-state index contributed by atoms with van der Waals surface area (Å²) < 4.78 is 11.7. The molecule has 2 aromatic rings. The second-order valence-corrected chi connectivity index (χ2v) is 11.7. The molecule has 0 fully saturated rings. The molecule has 198 valence electrons. The summed E-state index contributed by atoms with van der Waals surface area (Å²) in [6.07, 6.45) is 4.50. The third-order valence-electron chi connectivity index (χ3n) is 6.51. The van der Waals surface area contributed by atoms with Gasteiger partial charge >= 0.3 is 11.9 Å². The topological polar surface area (TPSA) is 52.6 Å². The molecule has 1 unspecified atom stereocenters. The molecule has 4 heteroatoms. The summed E-state index contributed by atoms with van der Waals surface area (Å²) in [6.45, 7) is 19.2. The molecule has 0 saturated heterocycles. The van der Waals surface area contributed by atoms with Gasteiger partial charge in [-0.05, 0) is 53.9 Å². The van der Waals surface area contributed by atoms with Crippen LogP contribution >= 0.6 is 0 Å². The van der Waals surface area contributed by atoms with E-state index < -0.39 is 11.9 Å². The molecule has 0 saturated carbocycles. The predicted molar refractivity (Wildman–Crippen MR) is 148 cm³/mol. The Morgan fingerprint density at radius 3 is 2.00 bits per heavy atom. The lowest BCUT2D eigenvalue weighted by Crippen LogP contribution is -2.24. The Hall–Kier alpha value is -2.62. The first-order valence-electron chi connectivity index (χ1n) is 13.5. The van der Waals surface area contributed by atoms with Crippen LogP contribution < -0.4 is 4.74 Å². The zero-order valence-electron chi connectivity index (χ0n) is 23.9. The first-order valence-corrected chi connectivity index (χ1v) is 13.5. The van der Waals surface area contributed by atoms with Gasteiger partial charge in [0, 0.05) is 11.1 Å². The van der Waals surface area contributed by atoms with Crippen LogP contribution in [0.5, 0.6) is 5.75 Å². The number of esters is 2. The van der Waals surface area contributed by atoms with Crippen molar-refractivity contribution in [3.05, 3.63) is 64.2 Å². The van der Waals surface area contributed by atoms with Gasteiger partial charge in [0.1, 0.15) is 5.75 Å². The van der Waals surface area contributed by atoms with Crippen LogP contribution in [0.4, 0.5) is 0 Å². The summed E-state index contributed by atoms with van der Waals surface area (Å²) in [4.78, 5) is 26.6. The number of benzene rings is 2. The molecule has 4 nitrogen and oxygen atoms in total. The van der Waals surface area contributed by atoms with Gasteiger partial charge in [0.25, 0.3) is 0 Å². The summed E-state index contributed by atoms with van der Waals surface area (Å²) in [5.74, 6) is -0.681. The molecule has 0 spiro atoms. The quantitative estimate of drug-likeness (QED) is 0.246. The molecule has 1 atom stereocenters. The minimum absolute atomic E-state index is 0.142. The Balaban J connectivity index is 2.72. The average molecular weight is 495 g/mol. The van der Waals surface area contributed by atoms with E-state index in [1.807, 2.05) is 31.2 Å². The van der Waals surface area contributed by atoms with Gasteiger partial charge in [-0.25, -0.2) is 4.79 Å². The number of ether oxygens (including phenoxy) is 2. The molecule has 0 N–H and O–H groups in total. The van der Waals surface area contributed by atoms with E-state index in [1.54, 1.807) is 0 Å².